The molecule has 2 rings (SSSR count). The molecule has 2 aromatic rings. The molecule has 90 valence electrons. The van der Waals surface area contributed by atoms with E-state index in [1.54, 1.807) is 6.07 Å². The molecule has 1 aromatic heterocycles. The third kappa shape index (κ3) is 3.51. The SMILES string of the molecule is Fc1ccc(Cl)cc1CNCCc1ncon1. The van der Waals surface area contributed by atoms with Crippen LogP contribution in [-0.4, -0.2) is 16.7 Å². The Labute approximate surface area is 103 Å². The van der Waals surface area contributed by atoms with Gasteiger partial charge in [-0.05, 0) is 18.2 Å². The Morgan fingerprint density at radius 2 is 2.29 bits per heavy atom. The third-order valence-electron chi connectivity index (χ3n) is 2.26. The number of nitrogens with zero attached hydrogens (tertiary/aromatic N) is 2. The summed E-state index contributed by atoms with van der Waals surface area (Å²) in [6.45, 7) is 1.07. The van der Waals surface area contributed by atoms with E-state index in [0.29, 0.717) is 35.9 Å². The zero-order valence-electron chi connectivity index (χ0n) is 8.99. The van der Waals surface area contributed by atoms with Gasteiger partial charge in [-0.2, -0.15) is 4.98 Å². The van der Waals surface area contributed by atoms with Crippen molar-refractivity contribution < 1.29 is 8.91 Å². The van der Waals surface area contributed by atoms with Gasteiger partial charge in [0.15, 0.2) is 5.82 Å². The Kier molecular flexibility index (Phi) is 4.06. The molecule has 4 nitrogen and oxygen atoms in total. The maximum absolute atomic E-state index is 13.3. The molecule has 0 aliphatic rings. The summed E-state index contributed by atoms with van der Waals surface area (Å²) < 4.78 is 17.9. The fourth-order valence-electron chi connectivity index (χ4n) is 1.40. The number of halogens is 2. The molecule has 1 N–H and O–H groups in total. The van der Waals surface area contributed by atoms with E-state index in [9.17, 15) is 4.39 Å². The summed E-state index contributed by atoms with van der Waals surface area (Å²) in [5.41, 5.74) is 0.547. The Bertz CT molecular complexity index is 476. The predicted molar refractivity (Wildman–Crippen MR) is 61.1 cm³/mol. The van der Waals surface area contributed by atoms with Crippen LogP contribution in [0, 0.1) is 5.82 Å². The fraction of sp³-hybridized carbons (Fsp3) is 0.273. The van der Waals surface area contributed by atoms with E-state index < -0.39 is 0 Å². The van der Waals surface area contributed by atoms with Crippen LogP contribution >= 0.6 is 11.6 Å². The molecule has 1 aromatic carbocycles. The lowest BCUT2D eigenvalue weighted by Crippen LogP contribution is -2.17. The van der Waals surface area contributed by atoms with E-state index in [-0.39, 0.29) is 5.82 Å². The summed E-state index contributed by atoms with van der Waals surface area (Å²) in [6, 6.07) is 4.50. The Hall–Kier alpha value is -1.46. The van der Waals surface area contributed by atoms with Crippen molar-refractivity contribution in [2.75, 3.05) is 6.54 Å². The molecule has 0 saturated heterocycles. The normalized spacial score (nSPS) is 10.7. The first-order valence-electron chi connectivity index (χ1n) is 5.15. The van der Waals surface area contributed by atoms with Gasteiger partial charge in [0.1, 0.15) is 5.82 Å². The number of nitrogens with one attached hydrogen (secondary N) is 1. The van der Waals surface area contributed by atoms with Crippen LogP contribution in [0.1, 0.15) is 11.4 Å². The van der Waals surface area contributed by atoms with Crippen LogP contribution in [0.25, 0.3) is 0 Å². The molecule has 0 radical (unpaired) electrons. The van der Waals surface area contributed by atoms with Crippen molar-refractivity contribution in [1.29, 1.82) is 0 Å². The molecule has 0 atom stereocenters. The van der Waals surface area contributed by atoms with Crippen LogP contribution in [0.2, 0.25) is 5.02 Å². The first-order chi connectivity index (χ1) is 8.25. The van der Waals surface area contributed by atoms with Crippen LogP contribution < -0.4 is 5.32 Å². The fourth-order valence-corrected chi connectivity index (χ4v) is 1.60. The van der Waals surface area contributed by atoms with Crippen molar-refractivity contribution in [3.63, 3.8) is 0 Å². The van der Waals surface area contributed by atoms with Gasteiger partial charge in [0.05, 0.1) is 0 Å². The van der Waals surface area contributed by atoms with Crippen LogP contribution in [0.3, 0.4) is 0 Å². The van der Waals surface area contributed by atoms with Crippen LogP contribution in [0.15, 0.2) is 29.1 Å². The maximum atomic E-state index is 13.3. The van der Waals surface area contributed by atoms with E-state index in [4.69, 9.17) is 11.6 Å². The third-order valence-corrected chi connectivity index (χ3v) is 2.49. The second kappa shape index (κ2) is 5.75. The zero-order valence-corrected chi connectivity index (χ0v) is 9.75. The molecule has 0 fully saturated rings. The predicted octanol–water partition coefficient (Wildman–Crippen LogP) is 2.19. The van der Waals surface area contributed by atoms with E-state index in [0.717, 1.165) is 0 Å². The number of aromatic nitrogens is 2. The summed E-state index contributed by atoms with van der Waals surface area (Å²) >= 11 is 5.78. The summed E-state index contributed by atoms with van der Waals surface area (Å²) in [7, 11) is 0. The van der Waals surface area contributed by atoms with E-state index in [1.165, 1.54) is 18.5 Å². The lowest BCUT2D eigenvalue weighted by molar-refractivity contribution is 0.409. The average Bonchev–Trinajstić information content (AvgIpc) is 2.82. The summed E-state index contributed by atoms with van der Waals surface area (Å²) in [6.07, 6.45) is 1.92. The van der Waals surface area contributed by atoms with Crippen molar-refractivity contribution in [3.05, 3.63) is 46.8 Å². The van der Waals surface area contributed by atoms with Gasteiger partial charge in [-0.25, -0.2) is 4.39 Å². The molecule has 0 aliphatic carbocycles. The van der Waals surface area contributed by atoms with Gasteiger partial charge in [-0.3, -0.25) is 0 Å². The molecule has 0 spiro atoms. The Balaban J connectivity index is 1.80. The standard InChI is InChI=1S/C11H11ClFN3O/c12-9-1-2-10(13)8(5-9)6-14-4-3-11-15-7-17-16-11/h1-2,5,7,14H,3-4,6H2. The van der Waals surface area contributed by atoms with Crippen LogP contribution in [-0.2, 0) is 13.0 Å². The highest BCUT2D eigenvalue weighted by molar-refractivity contribution is 6.30. The quantitative estimate of drug-likeness (QED) is 0.832. The van der Waals surface area contributed by atoms with Crippen LogP contribution in [0.5, 0.6) is 0 Å². The van der Waals surface area contributed by atoms with Gasteiger partial charge in [-0.15, -0.1) is 0 Å². The molecule has 0 bridgehead atoms. The molecule has 0 saturated carbocycles. The lowest BCUT2D eigenvalue weighted by atomic mass is 10.2. The number of benzene rings is 1. The van der Waals surface area contributed by atoms with Gasteiger partial charge in [-0.1, -0.05) is 16.8 Å². The minimum Gasteiger partial charge on any atom is -0.343 e. The molecular formula is C11H11ClFN3O. The number of hydrogen-bond acceptors (Lipinski definition) is 4. The van der Waals surface area contributed by atoms with Crippen LogP contribution in [0.4, 0.5) is 4.39 Å². The average molecular weight is 256 g/mol. The Morgan fingerprint density at radius 3 is 3.06 bits per heavy atom. The van der Waals surface area contributed by atoms with E-state index in [1.807, 2.05) is 0 Å². The maximum Gasteiger partial charge on any atom is 0.213 e. The highest BCUT2D eigenvalue weighted by Crippen LogP contribution is 2.14. The molecule has 6 heteroatoms. The molecule has 1 heterocycles. The summed E-state index contributed by atoms with van der Waals surface area (Å²) in [5, 5.41) is 7.29. The smallest absolute Gasteiger partial charge is 0.213 e. The van der Waals surface area contributed by atoms with Gasteiger partial charge < -0.3 is 9.84 Å². The molecule has 0 unspecified atom stereocenters. The minimum absolute atomic E-state index is 0.263. The van der Waals surface area contributed by atoms with E-state index in [2.05, 4.69) is 20.0 Å². The van der Waals surface area contributed by atoms with Crippen molar-refractivity contribution in [1.82, 2.24) is 15.5 Å². The lowest BCUT2D eigenvalue weighted by Gasteiger charge is -2.05. The Morgan fingerprint density at radius 1 is 1.41 bits per heavy atom. The largest absolute Gasteiger partial charge is 0.343 e. The van der Waals surface area contributed by atoms with Gasteiger partial charge in [0, 0.05) is 30.1 Å². The van der Waals surface area contributed by atoms with Crippen molar-refractivity contribution >= 4 is 11.6 Å². The molecular weight excluding hydrogens is 245 g/mol. The monoisotopic (exact) mass is 255 g/mol. The van der Waals surface area contributed by atoms with E-state index >= 15 is 0 Å². The minimum atomic E-state index is -0.263. The first-order valence-corrected chi connectivity index (χ1v) is 5.53. The number of rotatable bonds is 5. The topological polar surface area (TPSA) is 51.0 Å². The summed E-state index contributed by atoms with van der Waals surface area (Å²) in [5.74, 6) is 0.366. The van der Waals surface area contributed by atoms with Crippen molar-refractivity contribution in [3.8, 4) is 0 Å². The summed E-state index contributed by atoms with van der Waals surface area (Å²) in [4.78, 5) is 3.88. The first kappa shape index (κ1) is 12.0. The highest BCUT2D eigenvalue weighted by Gasteiger charge is 2.03. The van der Waals surface area contributed by atoms with Gasteiger partial charge in [0.2, 0.25) is 6.39 Å². The van der Waals surface area contributed by atoms with Gasteiger partial charge >= 0.3 is 0 Å². The number of hydrogen-bond donors (Lipinski definition) is 1. The molecule has 17 heavy (non-hydrogen) atoms. The second-order valence-corrected chi connectivity index (χ2v) is 3.95. The highest BCUT2D eigenvalue weighted by atomic mass is 35.5. The van der Waals surface area contributed by atoms with Crippen molar-refractivity contribution in [2.45, 2.75) is 13.0 Å². The second-order valence-electron chi connectivity index (χ2n) is 3.51. The molecule has 0 aliphatic heterocycles. The van der Waals surface area contributed by atoms with Crippen molar-refractivity contribution in [2.24, 2.45) is 0 Å². The molecule has 0 amide bonds. The van der Waals surface area contributed by atoms with Gasteiger partial charge in [0.25, 0.3) is 0 Å². The zero-order chi connectivity index (χ0) is 12.1.